The van der Waals surface area contributed by atoms with Gasteiger partial charge in [0, 0.05) is 25.2 Å². The Bertz CT molecular complexity index is 1180. The number of carbonyl (C=O) groups excluding carboxylic acids is 1. The Balaban J connectivity index is 1.41. The quantitative estimate of drug-likeness (QED) is 0.377. The van der Waals surface area contributed by atoms with Gasteiger partial charge in [-0.3, -0.25) is 4.79 Å². The summed E-state index contributed by atoms with van der Waals surface area (Å²) in [4.78, 5) is 24.2. The molecule has 1 amide bonds. The number of amides is 1. The Labute approximate surface area is 197 Å². The van der Waals surface area contributed by atoms with E-state index in [0.29, 0.717) is 49.2 Å². The van der Waals surface area contributed by atoms with Gasteiger partial charge in [0.25, 0.3) is 5.91 Å². The molecule has 10 heteroatoms. The van der Waals surface area contributed by atoms with Crippen LogP contribution < -0.4 is 21.0 Å². The number of aromatic nitrogens is 2. The van der Waals surface area contributed by atoms with E-state index in [9.17, 15) is 4.79 Å². The van der Waals surface area contributed by atoms with Crippen LogP contribution in [0.5, 0.6) is 0 Å². The molecule has 2 aliphatic rings. The van der Waals surface area contributed by atoms with Crippen LogP contribution in [0, 0.1) is 6.92 Å². The van der Waals surface area contributed by atoms with Crippen LogP contribution in [-0.2, 0) is 4.74 Å². The maximum Gasteiger partial charge on any atom is 0.287 e. The zero-order valence-corrected chi connectivity index (χ0v) is 19.2. The minimum absolute atomic E-state index is 0.139. The van der Waals surface area contributed by atoms with Crippen LogP contribution in [-0.4, -0.2) is 67.5 Å². The van der Waals surface area contributed by atoms with Crippen molar-refractivity contribution in [3.8, 4) is 0 Å². The Morgan fingerprint density at radius 1 is 1.21 bits per heavy atom. The first-order chi connectivity index (χ1) is 16.7. The van der Waals surface area contributed by atoms with Crippen LogP contribution in [0.3, 0.4) is 0 Å². The Hall–Kier alpha value is -3.50. The van der Waals surface area contributed by atoms with Crippen molar-refractivity contribution in [1.82, 2.24) is 20.6 Å². The summed E-state index contributed by atoms with van der Waals surface area (Å²) in [6.45, 7) is 6.44. The fourth-order valence-corrected chi connectivity index (χ4v) is 4.22. The lowest BCUT2D eigenvalue weighted by atomic mass is 10.1. The van der Waals surface area contributed by atoms with E-state index in [1.54, 1.807) is 12.3 Å². The lowest BCUT2D eigenvalue weighted by Gasteiger charge is -2.28. The van der Waals surface area contributed by atoms with E-state index in [2.05, 4.69) is 31.0 Å². The van der Waals surface area contributed by atoms with Gasteiger partial charge in [-0.2, -0.15) is 15.1 Å². The van der Waals surface area contributed by atoms with Gasteiger partial charge in [-0.05, 0) is 38.4 Å². The van der Waals surface area contributed by atoms with Crippen molar-refractivity contribution in [1.29, 1.82) is 0 Å². The van der Waals surface area contributed by atoms with Crippen LogP contribution in [0.4, 0.5) is 11.8 Å². The highest BCUT2D eigenvalue weighted by Crippen LogP contribution is 2.29. The first-order valence-corrected chi connectivity index (χ1v) is 11.7. The number of piperidine rings is 1. The molecule has 0 bridgehead atoms. The number of hydrogen-bond donors (Lipinski definition) is 3. The summed E-state index contributed by atoms with van der Waals surface area (Å²) in [5.74, 6) is 1.01. The number of hydrazone groups is 1. The molecule has 0 unspecified atom stereocenters. The number of furan rings is 1. The largest absolute Gasteiger partial charge is 0.432 e. The van der Waals surface area contributed by atoms with Gasteiger partial charge in [0.2, 0.25) is 11.7 Å². The summed E-state index contributed by atoms with van der Waals surface area (Å²) in [5.41, 5.74) is 5.38. The number of hydrogen-bond acceptors (Lipinski definition) is 9. The van der Waals surface area contributed by atoms with E-state index >= 15 is 0 Å². The standard InChI is InChI=1S/C24H29N7O3/c1-16-3-2-4-17(13-16)15-26-30-24-28-21(31-9-11-33-12-10-31)19-14-20(34-23(19)29-24)22(32)27-18-5-7-25-8-6-18/h2-4,13-15,18,25H,5-12H2,1H3,(H,27,32)(H,28,29,30)/b26-15+. The van der Waals surface area contributed by atoms with E-state index in [0.717, 1.165) is 37.1 Å². The van der Waals surface area contributed by atoms with Crippen LogP contribution in [0.1, 0.15) is 34.5 Å². The summed E-state index contributed by atoms with van der Waals surface area (Å²) in [7, 11) is 0. The number of fused-ring (bicyclic) bond motifs is 1. The number of aryl methyl sites for hydroxylation is 1. The lowest BCUT2D eigenvalue weighted by Crippen LogP contribution is -2.42. The number of anilines is 2. The van der Waals surface area contributed by atoms with Crippen LogP contribution in [0.25, 0.3) is 11.1 Å². The molecule has 2 saturated heterocycles. The maximum atomic E-state index is 12.9. The number of rotatable bonds is 6. The van der Waals surface area contributed by atoms with Crippen molar-refractivity contribution in [3.05, 3.63) is 47.2 Å². The summed E-state index contributed by atoms with van der Waals surface area (Å²) in [6.07, 6.45) is 3.52. The molecule has 2 aromatic heterocycles. The van der Waals surface area contributed by atoms with Crippen LogP contribution >= 0.6 is 0 Å². The fourth-order valence-electron chi connectivity index (χ4n) is 4.22. The first-order valence-electron chi connectivity index (χ1n) is 11.7. The number of carbonyl (C=O) groups is 1. The summed E-state index contributed by atoms with van der Waals surface area (Å²) < 4.78 is 11.4. The Morgan fingerprint density at radius 3 is 2.82 bits per heavy atom. The highest BCUT2D eigenvalue weighted by Gasteiger charge is 2.24. The molecule has 34 heavy (non-hydrogen) atoms. The first kappa shape index (κ1) is 22.3. The van der Waals surface area contributed by atoms with Crippen molar-refractivity contribution in [2.45, 2.75) is 25.8 Å². The number of ether oxygens (including phenoxy) is 1. The third-order valence-corrected chi connectivity index (χ3v) is 6.00. The summed E-state index contributed by atoms with van der Waals surface area (Å²) in [5, 5.41) is 11.4. The molecule has 3 N–H and O–H groups in total. The van der Waals surface area contributed by atoms with Crippen LogP contribution in [0.2, 0.25) is 0 Å². The van der Waals surface area contributed by atoms with Gasteiger partial charge in [0.05, 0.1) is 24.8 Å². The molecule has 178 valence electrons. The molecule has 2 fully saturated rings. The molecule has 4 heterocycles. The molecule has 0 saturated carbocycles. The molecular formula is C24H29N7O3. The number of nitrogens with one attached hydrogen (secondary N) is 3. The minimum Gasteiger partial charge on any atom is -0.432 e. The molecule has 2 aliphatic heterocycles. The third-order valence-electron chi connectivity index (χ3n) is 6.00. The fraction of sp³-hybridized carbons (Fsp3) is 0.417. The van der Waals surface area contributed by atoms with E-state index < -0.39 is 0 Å². The molecule has 10 nitrogen and oxygen atoms in total. The second-order valence-corrected chi connectivity index (χ2v) is 8.58. The highest BCUT2D eigenvalue weighted by molar-refractivity contribution is 5.98. The van der Waals surface area contributed by atoms with E-state index in [4.69, 9.17) is 14.1 Å². The monoisotopic (exact) mass is 463 g/mol. The molecule has 0 aliphatic carbocycles. The Kier molecular flexibility index (Phi) is 6.68. The van der Waals surface area contributed by atoms with E-state index in [-0.39, 0.29) is 17.7 Å². The van der Waals surface area contributed by atoms with Gasteiger partial charge >= 0.3 is 0 Å². The average Bonchev–Trinajstić information content (AvgIpc) is 3.29. The van der Waals surface area contributed by atoms with Crippen molar-refractivity contribution in [3.63, 3.8) is 0 Å². The summed E-state index contributed by atoms with van der Waals surface area (Å²) in [6, 6.07) is 9.90. The molecule has 0 spiro atoms. The molecule has 1 aromatic carbocycles. The van der Waals surface area contributed by atoms with Gasteiger partial charge in [-0.15, -0.1) is 0 Å². The molecule has 0 atom stereocenters. The van der Waals surface area contributed by atoms with Crippen molar-refractivity contribution in [2.75, 3.05) is 49.7 Å². The maximum absolute atomic E-state index is 12.9. The zero-order chi connectivity index (χ0) is 23.3. The van der Waals surface area contributed by atoms with E-state index in [1.165, 1.54) is 0 Å². The molecule has 3 aromatic rings. The molecular weight excluding hydrogens is 434 g/mol. The van der Waals surface area contributed by atoms with Crippen molar-refractivity contribution >= 4 is 35.0 Å². The predicted octanol–water partition coefficient (Wildman–Crippen LogP) is 2.30. The summed E-state index contributed by atoms with van der Waals surface area (Å²) >= 11 is 0. The normalized spacial score (nSPS) is 17.4. The van der Waals surface area contributed by atoms with Crippen LogP contribution in [0.15, 0.2) is 39.9 Å². The topological polar surface area (TPSA) is 117 Å². The minimum atomic E-state index is -0.232. The Morgan fingerprint density at radius 2 is 2.03 bits per heavy atom. The predicted molar refractivity (Wildman–Crippen MR) is 131 cm³/mol. The highest BCUT2D eigenvalue weighted by atomic mass is 16.5. The van der Waals surface area contributed by atoms with Gasteiger partial charge in [-0.25, -0.2) is 5.43 Å². The number of nitrogens with zero attached hydrogens (tertiary/aromatic N) is 4. The SMILES string of the molecule is Cc1cccc(/C=N/Nc2nc(N3CCOCC3)c3cc(C(=O)NC4CCNCC4)oc3n2)c1. The third kappa shape index (κ3) is 5.18. The van der Waals surface area contributed by atoms with Gasteiger partial charge in [-0.1, -0.05) is 29.8 Å². The second kappa shape index (κ2) is 10.2. The zero-order valence-electron chi connectivity index (χ0n) is 19.2. The van der Waals surface area contributed by atoms with Gasteiger partial charge < -0.3 is 24.7 Å². The lowest BCUT2D eigenvalue weighted by molar-refractivity contribution is 0.0903. The smallest absolute Gasteiger partial charge is 0.287 e. The number of benzene rings is 1. The van der Waals surface area contributed by atoms with Crippen molar-refractivity contribution < 1.29 is 13.9 Å². The average molecular weight is 464 g/mol. The number of morpholine rings is 1. The van der Waals surface area contributed by atoms with Crippen molar-refractivity contribution in [2.24, 2.45) is 5.10 Å². The molecule has 0 radical (unpaired) electrons. The van der Waals surface area contributed by atoms with Gasteiger partial charge in [0.1, 0.15) is 5.82 Å². The van der Waals surface area contributed by atoms with Gasteiger partial charge in [0.15, 0.2) is 5.76 Å². The second-order valence-electron chi connectivity index (χ2n) is 8.58. The van der Waals surface area contributed by atoms with E-state index in [1.807, 2.05) is 31.2 Å². The molecule has 5 rings (SSSR count).